The van der Waals surface area contributed by atoms with Crippen LogP contribution in [0.1, 0.15) is 24.8 Å². The summed E-state index contributed by atoms with van der Waals surface area (Å²) in [6.45, 7) is 0.763. The molecule has 1 aliphatic rings. The van der Waals surface area contributed by atoms with Crippen molar-refractivity contribution in [3.8, 4) is 12.1 Å². The van der Waals surface area contributed by atoms with Gasteiger partial charge in [0.1, 0.15) is 6.07 Å². The van der Waals surface area contributed by atoms with E-state index in [4.69, 9.17) is 10.5 Å². The van der Waals surface area contributed by atoms with Crippen molar-refractivity contribution in [2.24, 2.45) is 0 Å². The zero-order chi connectivity index (χ0) is 12.3. The number of nitrogens with zero attached hydrogens (tertiary/aromatic N) is 3. The van der Waals surface area contributed by atoms with Crippen LogP contribution in [-0.4, -0.2) is 12.6 Å². The molecule has 0 radical (unpaired) electrons. The lowest BCUT2D eigenvalue weighted by Gasteiger charge is -2.23. The standard InChI is InChI=1S/C13H12BrN3/c14-13-8-12(3-2-10(13)9-16)17(7-1-6-15)11-4-5-11/h2-3,8,11H,1,4-5,7H2. The molecular formula is C13H12BrN3. The quantitative estimate of drug-likeness (QED) is 0.855. The SMILES string of the molecule is N#CCCN(c1ccc(C#N)c(Br)c1)C1CC1. The molecule has 0 unspecified atom stereocenters. The summed E-state index contributed by atoms with van der Waals surface area (Å²) in [5.74, 6) is 0. The molecule has 3 nitrogen and oxygen atoms in total. The summed E-state index contributed by atoms with van der Waals surface area (Å²) in [6.07, 6.45) is 2.93. The molecule has 1 fully saturated rings. The van der Waals surface area contributed by atoms with Gasteiger partial charge < -0.3 is 4.90 Å². The highest BCUT2D eigenvalue weighted by molar-refractivity contribution is 9.10. The third-order valence-corrected chi connectivity index (χ3v) is 3.51. The highest BCUT2D eigenvalue weighted by Crippen LogP contribution is 2.33. The molecule has 1 saturated carbocycles. The van der Waals surface area contributed by atoms with E-state index in [1.165, 1.54) is 12.8 Å². The molecule has 1 aliphatic carbocycles. The van der Waals surface area contributed by atoms with Gasteiger partial charge in [-0.15, -0.1) is 0 Å². The molecule has 0 atom stereocenters. The average molecular weight is 290 g/mol. The van der Waals surface area contributed by atoms with Crippen LogP contribution in [-0.2, 0) is 0 Å². The van der Waals surface area contributed by atoms with Crippen LogP contribution in [0.3, 0.4) is 0 Å². The normalized spacial score (nSPS) is 13.8. The Hall–Kier alpha value is -1.52. The molecule has 0 N–H and O–H groups in total. The molecule has 2 rings (SSSR count). The molecule has 4 heteroatoms. The molecule has 1 aromatic rings. The smallest absolute Gasteiger partial charge is 0.100 e. The van der Waals surface area contributed by atoms with Crippen LogP contribution in [0.25, 0.3) is 0 Å². The monoisotopic (exact) mass is 289 g/mol. The van der Waals surface area contributed by atoms with E-state index in [0.717, 1.165) is 16.7 Å². The van der Waals surface area contributed by atoms with E-state index in [-0.39, 0.29) is 0 Å². The van der Waals surface area contributed by atoms with Gasteiger partial charge in [-0.05, 0) is 47.0 Å². The summed E-state index contributed by atoms with van der Waals surface area (Å²) in [6, 6.07) is 10.6. The van der Waals surface area contributed by atoms with Crippen molar-refractivity contribution in [1.82, 2.24) is 0 Å². The lowest BCUT2D eigenvalue weighted by molar-refractivity contribution is 0.793. The van der Waals surface area contributed by atoms with E-state index in [9.17, 15) is 0 Å². The van der Waals surface area contributed by atoms with Crippen LogP contribution >= 0.6 is 15.9 Å². The van der Waals surface area contributed by atoms with Crippen LogP contribution in [0, 0.1) is 22.7 Å². The molecule has 0 bridgehead atoms. The van der Waals surface area contributed by atoms with Crippen molar-refractivity contribution < 1.29 is 0 Å². The minimum absolute atomic E-state index is 0.536. The maximum Gasteiger partial charge on any atom is 0.100 e. The van der Waals surface area contributed by atoms with Gasteiger partial charge in [0.05, 0.1) is 18.1 Å². The second kappa shape index (κ2) is 5.21. The number of nitriles is 2. The number of halogens is 1. The average Bonchev–Trinajstić information content (AvgIpc) is 3.14. The van der Waals surface area contributed by atoms with Crippen LogP contribution in [0.5, 0.6) is 0 Å². The van der Waals surface area contributed by atoms with Gasteiger partial charge in [-0.2, -0.15) is 10.5 Å². The zero-order valence-electron chi connectivity index (χ0n) is 9.36. The van der Waals surface area contributed by atoms with Gasteiger partial charge in [0, 0.05) is 22.7 Å². The number of hydrogen-bond acceptors (Lipinski definition) is 3. The largest absolute Gasteiger partial charge is 0.367 e. The Morgan fingerprint density at radius 3 is 2.65 bits per heavy atom. The number of anilines is 1. The number of hydrogen-bond donors (Lipinski definition) is 0. The summed E-state index contributed by atoms with van der Waals surface area (Å²) in [4.78, 5) is 2.26. The summed E-state index contributed by atoms with van der Waals surface area (Å²) in [7, 11) is 0. The van der Waals surface area contributed by atoms with E-state index in [0.29, 0.717) is 18.0 Å². The lowest BCUT2D eigenvalue weighted by Crippen LogP contribution is -2.26. The molecular weight excluding hydrogens is 278 g/mol. The fraction of sp³-hybridized carbons (Fsp3) is 0.385. The zero-order valence-corrected chi connectivity index (χ0v) is 10.9. The predicted octanol–water partition coefficient (Wildman–Crippen LogP) is 3.20. The molecule has 0 heterocycles. The van der Waals surface area contributed by atoms with Gasteiger partial charge in [-0.3, -0.25) is 0 Å². The van der Waals surface area contributed by atoms with Gasteiger partial charge >= 0.3 is 0 Å². The molecule has 0 spiro atoms. The van der Waals surface area contributed by atoms with Gasteiger partial charge in [0.2, 0.25) is 0 Å². The molecule has 0 saturated heterocycles. The summed E-state index contributed by atoms with van der Waals surface area (Å²) in [5.41, 5.74) is 1.73. The van der Waals surface area contributed by atoms with E-state index in [1.54, 1.807) is 0 Å². The third kappa shape index (κ3) is 2.78. The van der Waals surface area contributed by atoms with Crippen molar-refractivity contribution in [1.29, 1.82) is 10.5 Å². The molecule has 1 aromatic carbocycles. The van der Waals surface area contributed by atoms with Gasteiger partial charge in [0.15, 0.2) is 0 Å². The number of benzene rings is 1. The van der Waals surface area contributed by atoms with Crippen molar-refractivity contribution in [3.05, 3.63) is 28.2 Å². The highest BCUT2D eigenvalue weighted by Gasteiger charge is 2.29. The minimum atomic E-state index is 0.536. The van der Waals surface area contributed by atoms with Crippen LogP contribution in [0.15, 0.2) is 22.7 Å². The fourth-order valence-electron chi connectivity index (χ4n) is 1.85. The van der Waals surface area contributed by atoms with Gasteiger partial charge in [0.25, 0.3) is 0 Å². The Balaban J connectivity index is 2.21. The predicted molar refractivity (Wildman–Crippen MR) is 69.5 cm³/mol. The van der Waals surface area contributed by atoms with Gasteiger partial charge in [-0.1, -0.05) is 0 Å². The minimum Gasteiger partial charge on any atom is -0.367 e. The Morgan fingerprint density at radius 1 is 1.35 bits per heavy atom. The Morgan fingerprint density at radius 2 is 2.12 bits per heavy atom. The molecule has 17 heavy (non-hydrogen) atoms. The maximum atomic E-state index is 8.87. The summed E-state index contributed by atoms with van der Waals surface area (Å²) < 4.78 is 0.820. The topological polar surface area (TPSA) is 50.8 Å². The van der Waals surface area contributed by atoms with E-state index >= 15 is 0 Å². The lowest BCUT2D eigenvalue weighted by atomic mass is 10.2. The van der Waals surface area contributed by atoms with Crippen molar-refractivity contribution in [2.75, 3.05) is 11.4 Å². The fourth-order valence-corrected chi connectivity index (χ4v) is 2.31. The van der Waals surface area contributed by atoms with Crippen LogP contribution in [0.2, 0.25) is 0 Å². The second-order valence-electron chi connectivity index (χ2n) is 4.11. The first-order valence-electron chi connectivity index (χ1n) is 5.59. The van der Waals surface area contributed by atoms with Crippen molar-refractivity contribution in [2.45, 2.75) is 25.3 Å². The maximum absolute atomic E-state index is 8.87. The van der Waals surface area contributed by atoms with Crippen molar-refractivity contribution >= 4 is 21.6 Å². The summed E-state index contributed by atoms with van der Waals surface area (Å²) in [5, 5.41) is 17.5. The number of rotatable bonds is 4. The second-order valence-corrected chi connectivity index (χ2v) is 4.96. The molecule has 0 aromatic heterocycles. The van der Waals surface area contributed by atoms with Crippen LogP contribution < -0.4 is 4.90 Å². The van der Waals surface area contributed by atoms with E-state index < -0.39 is 0 Å². The Labute approximate surface area is 109 Å². The third-order valence-electron chi connectivity index (χ3n) is 2.86. The Bertz CT molecular complexity index is 494. The molecule has 86 valence electrons. The van der Waals surface area contributed by atoms with E-state index in [2.05, 4.69) is 33.0 Å². The molecule has 0 aliphatic heterocycles. The van der Waals surface area contributed by atoms with Crippen molar-refractivity contribution in [3.63, 3.8) is 0 Å². The van der Waals surface area contributed by atoms with Gasteiger partial charge in [-0.25, -0.2) is 0 Å². The van der Waals surface area contributed by atoms with Crippen LogP contribution in [0.4, 0.5) is 5.69 Å². The first-order chi connectivity index (χ1) is 8.26. The summed E-state index contributed by atoms with van der Waals surface area (Å²) >= 11 is 3.40. The van der Waals surface area contributed by atoms with E-state index in [1.807, 2.05) is 18.2 Å². The Kier molecular flexibility index (Phi) is 3.66. The highest BCUT2D eigenvalue weighted by atomic mass is 79.9. The first kappa shape index (κ1) is 12.0. The molecule has 0 amide bonds. The first-order valence-corrected chi connectivity index (χ1v) is 6.39.